The van der Waals surface area contributed by atoms with Crippen LogP contribution in [0.1, 0.15) is 23.3 Å². The summed E-state index contributed by atoms with van der Waals surface area (Å²) in [7, 11) is 0. The molecule has 0 saturated heterocycles. The molecule has 0 radical (unpaired) electrons. The molecular weight excluding hydrogens is 338 g/mol. The van der Waals surface area contributed by atoms with Crippen LogP contribution in [0.3, 0.4) is 0 Å². The summed E-state index contributed by atoms with van der Waals surface area (Å²) in [4.78, 5) is 27.2. The zero-order valence-corrected chi connectivity index (χ0v) is 14.6. The second kappa shape index (κ2) is 7.91. The van der Waals surface area contributed by atoms with Gasteiger partial charge in [-0.25, -0.2) is 0 Å². The molecule has 1 aromatic carbocycles. The molecule has 0 fully saturated rings. The van der Waals surface area contributed by atoms with Crippen LogP contribution in [-0.4, -0.2) is 40.7 Å². The summed E-state index contributed by atoms with van der Waals surface area (Å²) >= 11 is 1.62. The molecule has 132 valence electrons. The number of fused-ring (bicyclic) bond motifs is 1. The number of Topliss-reactive ketones (excluding diaryl/α,β-unsaturated/α-hetero) is 1. The summed E-state index contributed by atoms with van der Waals surface area (Å²) in [6.07, 6.45) is -1.22. The van der Waals surface area contributed by atoms with Crippen molar-refractivity contribution in [1.29, 1.82) is 0 Å². The number of carbonyl (C=O) groups excluding carboxylic acids is 2. The van der Waals surface area contributed by atoms with Crippen LogP contribution in [0.15, 0.2) is 41.8 Å². The average Bonchev–Trinajstić information content (AvgIpc) is 3.29. The maximum Gasteiger partial charge on any atom is 0.259 e. The number of anilines is 1. The molecule has 3 rings (SSSR count). The zero-order valence-electron chi connectivity index (χ0n) is 13.8. The van der Waals surface area contributed by atoms with Crippen LogP contribution in [0, 0.1) is 0 Å². The minimum absolute atomic E-state index is 0.139. The van der Waals surface area contributed by atoms with Crippen LogP contribution in [0.2, 0.25) is 0 Å². The molecule has 2 N–H and O–H groups in total. The Morgan fingerprint density at radius 1 is 1.12 bits per heavy atom. The van der Waals surface area contributed by atoms with Gasteiger partial charge in [0.15, 0.2) is 11.9 Å². The fraction of sp³-hybridized carbons (Fsp3) is 0.368. The maximum absolute atomic E-state index is 12.5. The number of benzene rings is 1. The number of aliphatic hydroxyl groups is 2. The molecule has 1 aliphatic heterocycles. The Kier molecular flexibility index (Phi) is 5.63. The predicted molar refractivity (Wildman–Crippen MR) is 96.8 cm³/mol. The molecule has 0 bridgehead atoms. The van der Waals surface area contributed by atoms with E-state index in [1.54, 1.807) is 11.3 Å². The molecule has 25 heavy (non-hydrogen) atoms. The number of thiophene rings is 1. The Hall–Kier alpha value is -2.02. The first-order chi connectivity index (χ1) is 12.1. The highest BCUT2D eigenvalue weighted by atomic mass is 32.1. The third-order valence-electron chi connectivity index (χ3n) is 4.46. The van der Waals surface area contributed by atoms with E-state index >= 15 is 0 Å². The smallest absolute Gasteiger partial charge is 0.259 e. The van der Waals surface area contributed by atoms with Crippen molar-refractivity contribution in [3.05, 3.63) is 52.2 Å². The van der Waals surface area contributed by atoms with E-state index in [1.807, 2.05) is 41.8 Å². The summed E-state index contributed by atoms with van der Waals surface area (Å²) < 4.78 is 0. The second-order valence-electron chi connectivity index (χ2n) is 6.16. The van der Waals surface area contributed by atoms with Crippen molar-refractivity contribution < 1.29 is 19.8 Å². The summed E-state index contributed by atoms with van der Waals surface area (Å²) in [5.74, 6) is -1.12. The highest BCUT2D eigenvalue weighted by Crippen LogP contribution is 2.28. The lowest BCUT2D eigenvalue weighted by atomic mass is 10.0. The van der Waals surface area contributed by atoms with E-state index in [4.69, 9.17) is 0 Å². The molecule has 2 aromatic rings. The summed E-state index contributed by atoms with van der Waals surface area (Å²) in [6, 6.07) is 11.4. The van der Waals surface area contributed by atoms with Gasteiger partial charge in [-0.3, -0.25) is 9.59 Å². The molecule has 0 saturated carbocycles. The number of para-hydroxylation sites is 1. The average molecular weight is 359 g/mol. The topological polar surface area (TPSA) is 77.8 Å². The van der Waals surface area contributed by atoms with E-state index in [2.05, 4.69) is 0 Å². The molecule has 5 nitrogen and oxygen atoms in total. The SMILES string of the molecule is O=C(CCCc1cccs1)[C@H](O)[C@@H](O)C(=O)N1CCc2ccccc21. The van der Waals surface area contributed by atoms with Gasteiger partial charge in [0.1, 0.15) is 6.10 Å². The Labute approximate surface area is 150 Å². The number of aliphatic hydroxyl groups excluding tert-OH is 2. The Morgan fingerprint density at radius 3 is 2.68 bits per heavy atom. The van der Waals surface area contributed by atoms with Gasteiger partial charge in [-0.15, -0.1) is 11.3 Å². The first kappa shape index (κ1) is 17.8. The zero-order chi connectivity index (χ0) is 17.8. The van der Waals surface area contributed by atoms with Gasteiger partial charge in [0.25, 0.3) is 5.91 Å². The number of ketones is 1. The third-order valence-corrected chi connectivity index (χ3v) is 5.40. The molecule has 2 atom stereocenters. The summed E-state index contributed by atoms with van der Waals surface area (Å²) in [6.45, 7) is 0.453. The number of hydrogen-bond acceptors (Lipinski definition) is 5. The van der Waals surface area contributed by atoms with E-state index in [9.17, 15) is 19.8 Å². The van der Waals surface area contributed by atoms with Crippen molar-refractivity contribution in [2.45, 2.75) is 37.9 Å². The fourth-order valence-electron chi connectivity index (χ4n) is 3.08. The minimum Gasteiger partial charge on any atom is -0.382 e. The minimum atomic E-state index is -1.72. The lowest BCUT2D eigenvalue weighted by Gasteiger charge is -2.23. The van der Waals surface area contributed by atoms with Crippen molar-refractivity contribution in [1.82, 2.24) is 0 Å². The van der Waals surface area contributed by atoms with Crippen LogP contribution in [0.25, 0.3) is 0 Å². The van der Waals surface area contributed by atoms with Gasteiger partial charge < -0.3 is 15.1 Å². The first-order valence-electron chi connectivity index (χ1n) is 8.38. The summed E-state index contributed by atoms with van der Waals surface area (Å²) in [5.41, 5.74) is 1.77. The van der Waals surface area contributed by atoms with Gasteiger partial charge in [-0.1, -0.05) is 24.3 Å². The normalized spacial score (nSPS) is 15.7. The molecular formula is C19H21NO4S. The molecule has 0 unspecified atom stereocenters. The molecule has 0 aliphatic carbocycles. The van der Waals surface area contributed by atoms with Crippen molar-refractivity contribution >= 4 is 28.7 Å². The maximum atomic E-state index is 12.5. The lowest BCUT2D eigenvalue weighted by Crippen LogP contribution is -2.47. The fourth-order valence-corrected chi connectivity index (χ4v) is 3.83. The van der Waals surface area contributed by atoms with Crippen molar-refractivity contribution in [2.75, 3.05) is 11.4 Å². The van der Waals surface area contributed by atoms with Crippen LogP contribution < -0.4 is 4.90 Å². The second-order valence-corrected chi connectivity index (χ2v) is 7.19. The standard InChI is InChI=1S/C19H21NO4S/c21-16(9-3-6-14-7-4-12-25-14)17(22)18(23)19(24)20-11-10-13-5-1-2-8-15(13)20/h1-2,4-5,7-8,12,17-18,22-23H,3,6,9-11H2/t17-,18+/m0/s1. The highest BCUT2D eigenvalue weighted by Gasteiger charge is 2.35. The van der Waals surface area contributed by atoms with Crippen molar-refractivity contribution in [3.8, 4) is 0 Å². The number of nitrogens with zero attached hydrogens (tertiary/aromatic N) is 1. The highest BCUT2D eigenvalue weighted by molar-refractivity contribution is 7.09. The number of rotatable bonds is 7. The molecule has 1 aromatic heterocycles. The van der Waals surface area contributed by atoms with Gasteiger partial charge in [0.05, 0.1) is 0 Å². The van der Waals surface area contributed by atoms with Gasteiger partial charge in [0, 0.05) is 23.5 Å². The molecule has 1 amide bonds. The van der Waals surface area contributed by atoms with E-state index in [0.29, 0.717) is 19.4 Å². The molecule has 2 heterocycles. The van der Waals surface area contributed by atoms with Crippen molar-refractivity contribution in [2.24, 2.45) is 0 Å². The lowest BCUT2D eigenvalue weighted by molar-refractivity contribution is -0.143. The largest absolute Gasteiger partial charge is 0.382 e. The van der Waals surface area contributed by atoms with Gasteiger partial charge in [-0.05, 0) is 42.3 Å². The van der Waals surface area contributed by atoms with Crippen LogP contribution in [0.4, 0.5) is 5.69 Å². The molecule has 6 heteroatoms. The molecule has 1 aliphatic rings. The number of carbonyl (C=O) groups is 2. The quantitative estimate of drug-likeness (QED) is 0.792. The monoisotopic (exact) mass is 359 g/mol. The Morgan fingerprint density at radius 2 is 1.92 bits per heavy atom. The van der Waals surface area contributed by atoms with Gasteiger partial charge in [0.2, 0.25) is 0 Å². The van der Waals surface area contributed by atoms with Gasteiger partial charge >= 0.3 is 0 Å². The van der Waals surface area contributed by atoms with E-state index in [0.717, 1.165) is 17.7 Å². The Bertz CT molecular complexity index is 744. The van der Waals surface area contributed by atoms with Crippen LogP contribution in [-0.2, 0) is 22.4 Å². The number of hydrogen-bond donors (Lipinski definition) is 2. The summed E-state index contributed by atoms with van der Waals surface area (Å²) in [5, 5.41) is 22.2. The molecule has 0 spiro atoms. The number of aryl methyl sites for hydroxylation is 1. The third kappa shape index (κ3) is 3.98. The van der Waals surface area contributed by atoms with Crippen LogP contribution >= 0.6 is 11.3 Å². The Balaban J connectivity index is 1.55. The number of amides is 1. The van der Waals surface area contributed by atoms with Crippen LogP contribution in [0.5, 0.6) is 0 Å². The van der Waals surface area contributed by atoms with E-state index in [-0.39, 0.29) is 6.42 Å². The van der Waals surface area contributed by atoms with Crippen molar-refractivity contribution in [3.63, 3.8) is 0 Å². The predicted octanol–water partition coefficient (Wildman–Crippen LogP) is 1.95. The van der Waals surface area contributed by atoms with Gasteiger partial charge in [-0.2, -0.15) is 0 Å². The van der Waals surface area contributed by atoms with E-state index in [1.165, 1.54) is 9.78 Å². The van der Waals surface area contributed by atoms with E-state index < -0.39 is 23.9 Å². The first-order valence-corrected chi connectivity index (χ1v) is 9.26.